The van der Waals surface area contributed by atoms with Crippen molar-refractivity contribution in [2.24, 2.45) is 0 Å². The Morgan fingerprint density at radius 1 is 1.27 bits per heavy atom. The van der Waals surface area contributed by atoms with Crippen LogP contribution in [0.15, 0.2) is 48.7 Å². The minimum Gasteiger partial charge on any atom is -0.343 e. The zero-order chi connectivity index (χ0) is 18.5. The fourth-order valence-corrected chi connectivity index (χ4v) is 2.91. The topological polar surface area (TPSA) is 65.5 Å². The number of rotatable bonds is 5. The number of halogens is 1. The number of likely N-dealkylation sites (N-methyl/N-ethyl adjacent to an activating group) is 1. The molecule has 0 aliphatic carbocycles. The van der Waals surface area contributed by atoms with Crippen molar-refractivity contribution in [1.82, 2.24) is 20.1 Å². The Morgan fingerprint density at radius 3 is 2.81 bits per heavy atom. The molecule has 0 saturated carbocycles. The number of aromatic nitrogens is 1. The first-order valence-corrected chi connectivity index (χ1v) is 8.45. The summed E-state index contributed by atoms with van der Waals surface area (Å²) in [6.45, 7) is 1.57. The maximum atomic E-state index is 13.6. The van der Waals surface area contributed by atoms with Crippen molar-refractivity contribution >= 4 is 11.8 Å². The monoisotopic (exact) mass is 356 g/mol. The molecule has 2 aromatic rings. The minimum absolute atomic E-state index is 0.00421. The summed E-state index contributed by atoms with van der Waals surface area (Å²) < 4.78 is 13.6. The van der Waals surface area contributed by atoms with Gasteiger partial charge in [-0.25, -0.2) is 4.39 Å². The van der Waals surface area contributed by atoms with E-state index in [0.29, 0.717) is 24.3 Å². The molecular weight excluding hydrogens is 335 g/mol. The number of carbonyl (C=O) groups excluding carboxylic acids is 2. The van der Waals surface area contributed by atoms with E-state index in [0.717, 1.165) is 0 Å². The number of amides is 2. The molecule has 1 aliphatic rings. The third-order valence-corrected chi connectivity index (χ3v) is 4.37. The van der Waals surface area contributed by atoms with Crippen LogP contribution < -0.4 is 5.32 Å². The molecular formula is C19H21FN4O2. The summed E-state index contributed by atoms with van der Waals surface area (Å²) in [4.78, 5) is 32.1. The number of hydrogen-bond acceptors (Lipinski definition) is 4. The average molecular weight is 356 g/mol. The van der Waals surface area contributed by atoms with Gasteiger partial charge < -0.3 is 10.2 Å². The van der Waals surface area contributed by atoms with Gasteiger partial charge in [0.2, 0.25) is 11.8 Å². The van der Waals surface area contributed by atoms with Gasteiger partial charge in [-0.2, -0.15) is 0 Å². The van der Waals surface area contributed by atoms with Crippen LogP contribution in [0.25, 0.3) is 0 Å². The smallest absolute Gasteiger partial charge is 0.236 e. The second-order valence-corrected chi connectivity index (χ2v) is 6.34. The van der Waals surface area contributed by atoms with E-state index in [4.69, 9.17) is 0 Å². The van der Waals surface area contributed by atoms with Crippen LogP contribution in [0, 0.1) is 5.82 Å². The molecule has 26 heavy (non-hydrogen) atoms. The predicted molar refractivity (Wildman–Crippen MR) is 94.7 cm³/mol. The van der Waals surface area contributed by atoms with E-state index in [2.05, 4.69) is 10.3 Å². The largest absolute Gasteiger partial charge is 0.343 e. The Morgan fingerprint density at radius 2 is 2.12 bits per heavy atom. The molecule has 1 aromatic heterocycles. The van der Waals surface area contributed by atoms with Gasteiger partial charge in [0, 0.05) is 26.3 Å². The maximum Gasteiger partial charge on any atom is 0.236 e. The Kier molecular flexibility index (Phi) is 5.58. The molecule has 0 spiro atoms. The highest BCUT2D eigenvalue weighted by molar-refractivity contribution is 5.82. The van der Waals surface area contributed by atoms with E-state index in [1.165, 1.54) is 12.1 Å². The molecule has 2 heterocycles. The fraction of sp³-hybridized carbons (Fsp3) is 0.316. The van der Waals surface area contributed by atoms with Crippen LogP contribution in [0.5, 0.6) is 0 Å². The standard InChI is InChI=1S/C19H21FN4O2/c1-23-9-10-24(13-18(23)26)12-17(25)22-19(16-7-2-3-8-21-16)14-5-4-6-15(20)11-14/h2-8,11,19H,9-10,12-13H2,1H3,(H,22,25). The maximum absolute atomic E-state index is 13.6. The Labute approximate surface area is 151 Å². The first-order chi connectivity index (χ1) is 12.5. The number of pyridine rings is 1. The van der Waals surface area contributed by atoms with Crippen molar-refractivity contribution in [1.29, 1.82) is 0 Å². The SMILES string of the molecule is CN1CCN(CC(=O)NC(c2cccc(F)c2)c2ccccn2)CC1=O. The molecule has 7 heteroatoms. The molecule has 0 bridgehead atoms. The van der Waals surface area contributed by atoms with E-state index in [1.54, 1.807) is 47.3 Å². The summed E-state index contributed by atoms with van der Waals surface area (Å²) in [7, 11) is 1.75. The highest BCUT2D eigenvalue weighted by atomic mass is 19.1. The second kappa shape index (κ2) is 8.05. The van der Waals surface area contributed by atoms with Crippen molar-refractivity contribution in [2.45, 2.75) is 6.04 Å². The van der Waals surface area contributed by atoms with Crippen LogP contribution in [-0.2, 0) is 9.59 Å². The molecule has 2 amide bonds. The van der Waals surface area contributed by atoms with Crippen LogP contribution in [0.4, 0.5) is 4.39 Å². The quantitative estimate of drug-likeness (QED) is 0.874. The van der Waals surface area contributed by atoms with Crippen LogP contribution in [0.1, 0.15) is 17.3 Å². The number of hydrogen-bond donors (Lipinski definition) is 1. The third kappa shape index (κ3) is 4.43. The van der Waals surface area contributed by atoms with Crippen molar-refractivity contribution < 1.29 is 14.0 Å². The Hall–Kier alpha value is -2.80. The van der Waals surface area contributed by atoms with E-state index in [9.17, 15) is 14.0 Å². The van der Waals surface area contributed by atoms with Gasteiger partial charge in [-0.15, -0.1) is 0 Å². The lowest BCUT2D eigenvalue weighted by molar-refractivity contribution is -0.135. The Balaban J connectivity index is 1.73. The molecule has 0 radical (unpaired) electrons. The van der Waals surface area contributed by atoms with Crippen LogP contribution >= 0.6 is 0 Å². The lowest BCUT2D eigenvalue weighted by atomic mass is 10.0. The minimum atomic E-state index is -0.553. The number of nitrogens with one attached hydrogen (secondary N) is 1. The Bertz CT molecular complexity index is 784. The molecule has 3 rings (SSSR count). The zero-order valence-corrected chi connectivity index (χ0v) is 14.6. The molecule has 1 fully saturated rings. The van der Waals surface area contributed by atoms with Gasteiger partial charge >= 0.3 is 0 Å². The van der Waals surface area contributed by atoms with Crippen molar-refractivity contribution in [2.75, 3.05) is 33.2 Å². The molecule has 1 saturated heterocycles. The second-order valence-electron chi connectivity index (χ2n) is 6.34. The first-order valence-electron chi connectivity index (χ1n) is 8.45. The summed E-state index contributed by atoms with van der Waals surface area (Å²) in [5, 5.41) is 2.92. The summed E-state index contributed by atoms with van der Waals surface area (Å²) in [5.41, 5.74) is 1.24. The molecule has 1 N–H and O–H groups in total. The molecule has 1 atom stereocenters. The van der Waals surface area contributed by atoms with Gasteiger partial charge in [0.1, 0.15) is 5.82 Å². The number of carbonyl (C=O) groups is 2. The zero-order valence-electron chi connectivity index (χ0n) is 14.6. The first kappa shape index (κ1) is 18.0. The van der Waals surface area contributed by atoms with Gasteiger partial charge in [0.05, 0.1) is 24.8 Å². The fourth-order valence-electron chi connectivity index (χ4n) is 2.91. The van der Waals surface area contributed by atoms with Gasteiger partial charge in [-0.1, -0.05) is 18.2 Å². The van der Waals surface area contributed by atoms with Crippen molar-refractivity contribution in [3.63, 3.8) is 0 Å². The average Bonchev–Trinajstić information content (AvgIpc) is 2.63. The highest BCUT2D eigenvalue weighted by Crippen LogP contribution is 2.21. The predicted octanol–water partition coefficient (Wildman–Crippen LogP) is 1.20. The van der Waals surface area contributed by atoms with Gasteiger partial charge in [0.15, 0.2) is 0 Å². The number of benzene rings is 1. The van der Waals surface area contributed by atoms with Crippen LogP contribution in [0.3, 0.4) is 0 Å². The number of nitrogens with zero attached hydrogens (tertiary/aromatic N) is 3. The molecule has 6 nitrogen and oxygen atoms in total. The summed E-state index contributed by atoms with van der Waals surface area (Å²) in [6, 6.07) is 10.9. The normalized spacial score (nSPS) is 16.4. The molecule has 1 unspecified atom stereocenters. The summed E-state index contributed by atoms with van der Waals surface area (Å²) in [5.74, 6) is -0.611. The highest BCUT2D eigenvalue weighted by Gasteiger charge is 2.24. The van der Waals surface area contributed by atoms with Crippen molar-refractivity contribution in [3.05, 3.63) is 65.7 Å². The lowest BCUT2D eigenvalue weighted by Gasteiger charge is -2.31. The number of piperazine rings is 1. The molecule has 1 aromatic carbocycles. The van der Waals surface area contributed by atoms with Crippen LogP contribution in [0.2, 0.25) is 0 Å². The van der Waals surface area contributed by atoms with E-state index in [-0.39, 0.29) is 30.7 Å². The van der Waals surface area contributed by atoms with Gasteiger partial charge in [-0.3, -0.25) is 19.5 Å². The van der Waals surface area contributed by atoms with Gasteiger partial charge in [-0.05, 0) is 29.8 Å². The van der Waals surface area contributed by atoms with Gasteiger partial charge in [0.25, 0.3) is 0 Å². The van der Waals surface area contributed by atoms with E-state index in [1.807, 2.05) is 6.07 Å². The summed E-state index contributed by atoms with van der Waals surface area (Å²) >= 11 is 0. The lowest BCUT2D eigenvalue weighted by Crippen LogP contribution is -2.51. The molecule has 136 valence electrons. The third-order valence-electron chi connectivity index (χ3n) is 4.37. The van der Waals surface area contributed by atoms with E-state index < -0.39 is 6.04 Å². The van der Waals surface area contributed by atoms with E-state index >= 15 is 0 Å². The van der Waals surface area contributed by atoms with Crippen LogP contribution in [-0.4, -0.2) is 59.8 Å². The van der Waals surface area contributed by atoms with Crippen molar-refractivity contribution in [3.8, 4) is 0 Å². The molecule has 1 aliphatic heterocycles. The summed E-state index contributed by atoms with van der Waals surface area (Å²) in [6.07, 6.45) is 1.63.